The smallest absolute Gasteiger partial charge is 0.325 e. The van der Waals surface area contributed by atoms with Crippen LogP contribution >= 0.6 is 0 Å². The average molecular weight is 451 g/mol. The van der Waals surface area contributed by atoms with Gasteiger partial charge < -0.3 is 29.2 Å². The second-order valence-electron chi connectivity index (χ2n) is 8.12. The number of nitrogens with zero attached hydrogens (tertiary/aromatic N) is 2. The van der Waals surface area contributed by atoms with E-state index in [9.17, 15) is 14.7 Å². The quantitative estimate of drug-likeness (QED) is 0.613. The third kappa shape index (κ3) is 3.95. The van der Waals surface area contributed by atoms with E-state index in [0.717, 1.165) is 10.9 Å². The fraction of sp³-hybridized carbons (Fsp3) is 0.333. The lowest BCUT2D eigenvalue weighted by atomic mass is 10.0. The molecule has 2 atom stereocenters. The van der Waals surface area contributed by atoms with Crippen LogP contribution in [-0.4, -0.2) is 77.8 Å². The molecular formula is C24H25N3O6. The number of rotatable bonds is 5. The number of carbonyl (C=O) groups is 2. The van der Waals surface area contributed by atoms with Crippen molar-refractivity contribution >= 4 is 22.8 Å². The summed E-state index contributed by atoms with van der Waals surface area (Å²) in [6.45, 7) is 1.85. The van der Waals surface area contributed by atoms with Crippen LogP contribution in [0.25, 0.3) is 10.9 Å². The molecule has 9 heteroatoms. The molecular weight excluding hydrogens is 426 g/mol. The molecule has 2 N–H and O–H groups in total. The maximum Gasteiger partial charge on any atom is 0.325 e. The molecule has 0 saturated carbocycles. The molecule has 1 aromatic heterocycles. The standard InChI is InChI=1S/C24H25N3O6/c1-31-15-6-7-18-16(12-15)17(13-25-18)22(24(29)30)26-8-10-27(11-9-26)23(28)21-14-32-19-4-2-3-5-20(19)33-21/h2-7,12-13,21-22,25H,8-11,14H2,1H3,(H,29,30)/t21-,22+/m1/s1. The van der Waals surface area contributed by atoms with Crippen LogP contribution in [0.2, 0.25) is 0 Å². The molecule has 0 aliphatic carbocycles. The number of piperazine rings is 1. The number of carboxylic acids is 1. The van der Waals surface area contributed by atoms with Crippen LogP contribution in [0.3, 0.4) is 0 Å². The largest absolute Gasteiger partial charge is 0.497 e. The van der Waals surface area contributed by atoms with E-state index in [0.29, 0.717) is 49.0 Å². The number of hydrogen-bond acceptors (Lipinski definition) is 6. The molecule has 172 valence electrons. The van der Waals surface area contributed by atoms with Crippen LogP contribution in [0.4, 0.5) is 0 Å². The Balaban J connectivity index is 1.29. The second kappa shape index (κ2) is 8.67. The molecule has 1 amide bonds. The second-order valence-corrected chi connectivity index (χ2v) is 8.12. The van der Waals surface area contributed by atoms with Crippen molar-refractivity contribution in [3.63, 3.8) is 0 Å². The molecule has 0 spiro atoms. The summed E-state index contributed by atoms with van der Waals surface area (Å²) in [5.41, 5.74) is 1.53. The number of carboxylic acid groups (broad SMARTS) is 1. The molecule has 0 bridgehead atoms. The van der Waals surface area contributed by atoms with Crippen molar-refractivity contribution in [2.75, 3.05) is 39.9 Å². The predicted molar refractivity (Wildman–Crippen MR) is 120 cm³/mol. The number of amides is 1. The van der Waals surface area contributed by atoms with E-state index in [1.807, 2.05) is 35.2 Å². The fourth-order valence-corrected chi connectivity index (χ4v) is 4.51. The summed E-state index contributed by atoms with van der Waals surface area (Å²) in [7, 11) is 1.58. The summed E-state index contributed by atoms with van der Waals surface area (Å²) in [4.78, 5) is 32.0. The van der Waals surface area contributed by atoms with Gasteiger partial charge in [-0.3, -0.25) is 14.5 Å². The minimum Gasteiger partial charge on any atom is -0.497 e. The number of carbonyl (C=O) groups excluding carboxylic acids is 1. The Morgan fingerprint density at radius 3 is 2.61 bits per heavy atom. The van der Waals surface area contributed by atoms with Gasteiger partial charge in [0.25, 0.3) is 5.91 Å². The van der Waals surface area contributed by atoms with E-state index in [4.69, 9.17) is 14.2 Å². The number of H-pyrrole nitrogens is 1. The Morgan fingerprint density at radius 2 is 1.88 bits per heavy atom. The molecule has 5 rings (SSSR count). The number of ether oxygens (including phenoxy) is 3. The highest BCUT2D eigenvalue weighted by molar-refractivity contribution is 5.90. The summed E-state index contributed by atoms with van der Waals surface area (Å²) in [6, 6.07) is 12.0. The SMILES string of the molecule is COc1ccc2[nH]cc([C@@H](C(=O)O)N3CCN(C(=O)[C@H]4COc5ccccc5O4)CC3)c2c1. The zero-order chi connectivity index (χ0) is 22.9. The van der Waals surface area contributed by atoms with E-state index < -0.39 is 18.1 Å². The van der Waals surface area contributed by atoms with E-state index in [-0.39, 0.29) is 12.5 Å². The van der Waals surface area contributed by atoms with Gasteiger partial charge >= 0.3 is 5.97 Å². The zero-order valence-corrected chi connectivity index (χ0v) is 18.2. The van der Waals surface area contributed by atoms with Gasteiger partial charge in [-0.05, 0) is 30.3 Å². The van der Waals surface area contributed by atoms with Gasteiger partial charge in [-0.2, -0.15) is 0 Å². The third-order valence-corrected chi connectivity index (χ3v) is 6.22. The number of methoxy groups -OCH3 is 1. The summed E-state index contributed by atoms with van der Waals surface area (Å²) in [5, 5.41) is 10.9. The molecule has 0 radical (unpaired) electrons. The number of aromatic nitrogens is 1. The lowest BCUT2D eigenvalue weighted by Gasteiger charge is -2.39. The van der Waals surface area contributed by atoms with Crippen molar-refractivity contribution < 1.29 is 28.9 Å². The summed E-state index contributed by atoms with van der Waals surface area (Å²) >= 11 is 0. The average Bonchev–Trinajstić information content (AvgIpc) is 3.26. The van der Waals surface area contributed by atoms with Gasteiger partial charge in [0.15, 0.2) is 11.5 Å². The Morgan fingerprint density at radius 1 is 1.12 bits per heavy atom. The van der Waals surface area contributed by atoms with E-state index >= 15 is 0 Å². The Hall–Kier alpha value is -3.72. The van der Waals surface area contributed by atoms with Crippen LogP contribution in [0.1, 0.15) is 11.6 Å². The molecule has 1 saturated heterocycles. The first-order valence-electron chi connectivity index (χ1n) is 10.8. The monoisotopic (exact) mass is 451 g/mol. The lowest BCUT2D eigenvalue weighted by molar-refractivity contribution is -0.147. The van der Waals surface area contributed by atoms with Crippen LogP contribution < -0.4 is 14.2 Å². The van der Waals surface area contributed by atoms with Crippen molar-refractivity contribution in [1.29, 1.82) is 0 Å². The predicted octanol–water partition coefficient (Wildman–Crippen LogP) is 2.29. The molecule has 1 fully saturated rings. The van der Waals surface area contributed by atoms with Crippen LogP contribution in [0.15, 0.2) is 48.7 Å². The van der Waals surface area contributed by atoms with Gasteiger partial charge in [-0.15, -0.1) is 0 Å². The highest BCUT2D eigenvalue weighted by atomic mass is 16.6. The van der Waals surface area contributed by atoms with Crippen LogP contribution in [-0.2, 0) is 9.59 Å². The lowest BCUT2D eigenvalue weighted by Crippen LogP contribution is -2.55. The maximum atomic E-state index is 13.0. The van der Waals surface area contributed by atoms with Crippen molar-refractivity contribution in [2.24, 2.45) is 0 Å². The number of hydrogen-bond donors (Lipinski definition) is 2. The molecule has 2 aliphatic heterocycles. The molecule has 2 aromatic carbocycles. The highest BCUT2D eigenvalue weighted by Gasteiger charge is 2.36. The van der Waals surface area contributed by atoms with Gasteiger partial charge in [0.05, 0.1) is 7.11 Å². The maximum absolute atomic E-state index is 13.0. The Bertz CT molecular complexity index is 1180. The van der Waals surface area contributed by atoms with Crippen molar-refractivity contribution in [3.05, 3.63) is 54.2 Å². The van der Waals surface area contributed by atoms with Crippen molar-refractivity contribution in [3.8, 4) is 17.2 Å². The van der Waals surface area contributed by atoms with Gasteiger partial charge in [-0.25, -0.2) is 0 Å². The number of aromatic amines is 1. The number of para-hydroxylation sites is 2. The van der Waals surface area contributed by atoms with E-state index in [1.54, 1.807) is 30.3 Å². The number of aliphatic carboxylic acids is 1. The van der Waals surface area contributed by atoms with E-state index in [2.05, 4.69) is 4.98 Å². The van der Waals surface area contributed by atoms with Crippen molar-refractivity contribution in [2.45, 2.75) is 12.1 Å². The number of benzene rings is 2. The minimum absolute atomic E-state index is 0.146. The molecule has 33 heavy (non-hydrogen) atoms. The summed E-state index contributed by atoms with van der Waals surface area (Å²) in [6.07, 6.45) is 1.04. The first-order valence-corrected chi connectivity index (χ1v) is 10.8. The molecule has 0 unspecified atom stereocenters. The van der Waals surface area contributed by atoms with E-state index in [1.165, 1.54) is 0 Å². The van der Waals surface area contributed by atoms with Gasteiger partial charge in [0.1, 0.15) is 18.4 Å². The normalized spacial score (nSPS) is 19.3. The highest BCUT2D eigenvalue weighted by Crippen LogP contribution is 2.33. The Kier molecular flexibility index (Phi) is 5.55. The molecule has 2 aliphatic rings. The fourth-order valence-electron chi connectivity index (χ4n) is 4.51. The number of nitrogens with one attached hydrogen (secondary N) is 1. The molecule has 9 nitrogen and oxygen atoms in total. The third-order valence-electron chi connectivity index (χ3n) is 6.22. The van der Waals surface area contributed by atoms with Gasteiger partial charge in [0, 0.05) is 48.8 Å². The summed E-state index contributed by atoms with van der Waals surface area (Å²) in [5.74, 6) is 0.777. The Labute approximate surface area is 190 Å². The summed E-state index contributed by atoms with van der Waals surface area (Å²) < 4.78 is 16.8. The molecule has 3 heterocycles. The van der Waals surface area contributed by atoms with Crippen LogP contribution in [0.5, 0.6) is 17.2 Å². The minimum atomic E-state index is -0.931. The number of fused-ring (bicyclic) bond motifs is 2. The first kappa shape index (κ1) is 21.1. The molecule has 3 aromatic rings. The topological polar surface area (TPSA) is 104 Å². The first-order chi connectivity index (χ1) is 16.0. The van der Waals surface area contributed by atoms with Gasteiger partial charge in [0.2, 0.25) is 6.10 Å². The van der Waals surface area contributed by atoms with Crippen molar-refractivity contribution in [1.82, 2.24) is 14.8 Å². The van der Waals surface area contributed by atoms with Gasteiger partial charge in [-0.1, -0.05) is 12.1 Å². The zero-order valence-electron chi connectivity index (χ0n) is 18.2. The van der Waals surface area contributed by atoms with Crippen LogP contribution in [0, 0.1) is 0 Å².